The number of thiophene rings is 1. The van der Waals surface area contributed by atoms with Crippen LogP contribution in [0.1, 0.15) is 35.7 Å². The van der Waals surface area contributed by atoms with Crippen LogP contribution in [0.15, 0.2) is 24.5 Å². The predicted octanol–water partition coefficient (Wildman–Crippen LogP) is 3.59. The van der Waals surface area contributed by atoms with Crippen LogP contribution in [-0.4, -0.2) is 16.5 Å². The normalized spacial score (nSPS) is 12.6. The fraction of sp³-hybridized carbons (Fsp3) is 0.385. The summed E-state index contributed by atoms with van der Waals surface area (Å²) in [5, 5.41) is 3.46. The van der Waals surface area contributed by atoms with Crippen molar-refractivity contribution >= 4 is 22.9 Å². The fourth-order valence-corrected chi connectivity index (χ4v) is 2.78. The van der Waals surface area contributed by atoms with Crippen molar-refractivity contribution < 1.29 is 0 Å². The first-order valence-corrected chi connectivity index (χ1v) is 7.17. The molecular weight excluding hydrogens is 266 g/mol. The molecule has 0 radical (unpaired) electrons. The van der Waals surface area contributed by atoms with Crippen molar-refractivity contribution in [2.75, 3.05) is 6.54 Å². The first-order chi connectivity index (χ1) is 8.70. The Labute approximate surface area is 116 Å². The Morgan fingerprint density at radius 2 is 2.06 bits per heavy atom. The zero-order chi connectivity index (χ0) is 13.0. The summed E-state index contributed by atoms with van der Waals surface area (Å²) in [6.45, 7) is 5.05. The van der Waals surface area contributed by atoms with Gasteiger partial charge in [-0.2, -0.15) is 0 Å². The lowest BCUT2D eigenvalue weighted by Crippen LogP contribution is -2.24. The van der Waals surface area contributed by atoms with Gasteiger partial charge < -0.3 is 5.32 Å². The summed E-state index contributed by atoms with van der Waals surface area (Å²) in [6, 6.07) is 3.97. The summed E-state index contributed by atoms with van der Waals surface area (Å²) < 4.78 is 0.792. The van der Waals surface area contributed by atoms with Crippen molar-refractivity contribution in [1.29, 1.82) is 0 Å². The van der Waals surface area contributed by atoms with Gasteiger partial charge in [0.2, 0.25) is 0 Å². The van der Waals surface area contributed by atoms with Crippen LogP contribution in [0.2, 0.25) is 4.34 Å². The lowest BCUT2D eigenvalue weighted by Gasteiger charge is -2.15. The molecule has 2 aromatic rings. The number of hydrogen-bond acceptors (Lipinski definition) is 4. The summed E-state index contributed by atoms with van der Waals surface area (Å²) in [5.74, 6) is 0.799. The monoisotopic (exact) mass is 281 g/mol. The molecule has 1 unspecified atom stereocenters. The molecule has 2 heterocycles. The van der Waals surface area contributed by atoms with Crippen molar-refractivity contribution in [3.8, 4) is 0 Å². The van der Waals surface area contributed by atoms with Gasteiger partial charge in [0.05, 0.1) is 4.34 Å². The molecule has 0 aliphatic rings. The van der Waals surface area contributed by atoms with Crippen LogP contribution in [0.5, 0.6) is 0 Å². The van der Waals surface area contributed by atoms with E-state index in [-0.39, 0.29) is 6.04 Å². The zero-order valence-corrected chi connectivity index (χ0v) is 12.1. The van der Waals surface area contributed by atoms with Gasteiger partial charge in [-0.3, -0.25) is 0 Å². The minimum absolute atomic E-state index is 0.0306. The Morgan fingerprint density at radius 1 is 1.33 bits per heavy atom. The van der Waals surface area contributed by atoms with Crippen LogP contribution in [0.3, 0.4) is 0 Å². The highest BCUT2D eigenvalue weighted by molar-refractivity contribution is 7.16. The van der Waals surface area contributed by atoms with E-state index in [4.69, 9.17) is 11.6 Å². The summed E-state index contributed by atoms with van der Waals surface area (Å²) in [5.41, 5.74) is 1.07. The Bertz CT molecular complexity index is 495. The Balaban J connectivity index is 2.27. The van der Waals surface area contributed by atoms with E-state index < -0.39 is 0 Å². The number of rotatable bonds is 5. The van der Waals surface area contributed by atoms with Gasteiger partial charge >= 0.3 is 0 Å². The topological polar surface area (TPSA) is 37.8 Å². The maximum atomic E-state index is 6.00. The average Bonchev–Trinajstić information content (AvgIpc) is 2.78. The fourth-order valence-electron chi connectivity index (χ4n) is 1.64. The second-order valence-corrected chi connectivity index (χ2v) is 5.89. The molecule has 1 N–H and O–H groups in total. The molecule has 0 aliphatic heterocycles. The van der Waals surface area contributed by atoms with Gasteiger partial charge in [-0.15, -0.1) is 11.3 Å². The molecule has 0 amide bonds. The van der Waals surface area contributed by atoms with Gasteiger partial charge in [0.15, 0.2) is 0 Å². The van der Waals surface area contributed by atoms with Crippen LogP contribution >= 0.6 is 22.9 Å². The molecule has 2 aromatic heterocycles. The van der Waals surface area contributed by atoms with E-state index in [1.165, 1.54) is 0 Å². The molecule has 0 saturated heterocycles. The third kappa shape index (κ3) is 3.28. The summed E-state index contributed by atoms with van der Waals surface area (Å²) in [7, 11) is 0. The minimum atomic E-state index is 0.0306. The number of halogens is 1. The average molecular weight is 282 g/mol. The first kappa shape index (κ1) is 13.5. The number of nitrogens with zero attached hydrogens (tertiary/aromatic N) is 2. The van der Waals surface area contributed by atoms with Gasteiger partial charge in [-0.25, -0.2) is 9.97 Å². The van der Waals surface area contributed by atoms with Gasteiger partial charge in [0.1, 0.15) is 11.9 Å². The molecule has 1 atom stereocenters. The van der Waals surface area contributed by atoms with Gasteiger partial charge in [-0.1, -0.05) is 18.5 Å². The van der Waals surface area contributed by atoms with Gasteiger partial charge in [-0.05, 0) is 37.6 Å². The van der Waals surface area contributed by atoms with Crippen LogP contribution in [0.25, 0.3) is 0 Å². The highest BCUT2D eigenvalue weighted by atomic mass is 35.5. The van der Waals surface area contributed by atoms with E-state index >= 15 is 0 Å². The Kier molecular flexibility index (Phi) is 4.69. The predicted molar refractivity (Wildman–Crippen MR) is 76.2 cm³/mol. The van der Waals surface area contributed by atoms with Crippen molar-refractivity contribution in [1.82, 2.24) is 15.3 Å². The van der Waals surface area contributed by atoms with Crippen LogP contribution in [0, 0.1) is 6.92 Å². The van der Waals surface area contributed by atoms with Crippen molar-refractivity contribution in [2.24, 2.45) is 0 Å². The number of aromatic nitrogens is 2. The smallest absolute Gasteiger partial charge is 0.150 e. The number of aryl methyl sites for hydroxylation is 1. The van der Waals surface area contributed by atoms with Gasteiger partial charge in [0.25, 0.3) is 0 Å². The van der Waals surface area contributed by atoms with E-state index in [2.05, 4.69) is 22.2 Å². The van der Waals surface area contributed by atoms with Crippen molar-refractivity contribution in [3.05, 3.63) is 45.1 Å². The zero-order valence-electron chi connectivity index (χ0n) is 10.5. The Morgan fingerprint density at radius 3 is 2.61 bits per heavy atom. The molecule has 0 fully saturated rings. The molecule has 0 aliphatic carbocycles. The molecule has 0 saturated carbocycles. The third-order valence-electron chi connectivity index (χ3n) is 2.54. The second-order valence-electron chi connectivity index (χ2n) is 4.15. The van der Waals surface area contributed by atoms with E-state index in [0.717, 1.165) is 33.6 Å². The first-order valence-electron chi connectivity index (χ1n) is 5.98. The maximum Gasteiger partial charge on any atom is 0.150 e. The summed E-state index contributed by atoms with van der Waals surface area (Å²) in [6.07, 6.45) is 4.76. The van der Waals surface area contributed by atoms with Crippen molar-refractivity contribution in [3.63, 3.8) is 0 Å². The van der Waals surface area contributed by atoms with Crippen LogP contribution in [-0.2, 0) is 0 Å². The molecule has 5 heteroatoms. The minimum Gasteiger partial charge on any atom is -0.303 e. The van der Waals surface area contributed by atoms with E-state index in [1.807, 2.05) is 31.5 Å². The van der Waals surface area contributed by atoms with E-state index in [0.29, 0.717) is 0 Å². The number of hydrogen-bond donors (Lipinski definition) is 1. The van der Waals surface area contributed by atoms with Crippen LogP contribution < -0.4 is 5.32 Å². The molecule has 96 valence electrons. The molecule has 2 rings (SSSR count). The molecule has 0 bridgehead atoms. The lowest BCUT2D eigenvalue weighted by atomic mass is 10.2. The highest BCUT2D eigenvalue weighted by Crippen LogP contribution is 2.29. The standard InChI is InChI=1S/C13H16ClN3S/c1-3-6-15-12(10-4-5-11(14)18-10)13-16-7-9(2)8-17-13/h4-5,7-8,12,15H,3,6H2,1-2H3. The molecule has 3 nitrogen and oxygen atoms in total. The molecule has 0 aromatic carbocycles. The summed E-state index contributed by atoms with van der Waals surface area (Å²) >= 11 is 7.57. The largest absolute Gasteiger partial charge is 0.303 e. The molecule has 0 spiro atoms. The quantitative estimate of drug-likeness (QED) is 0.910. The second kappa shape index (κ2) is 6.27. The maximum absolute atomic E-state index is 6.00. The summed E-state index contributed by atoms with van der Waals surface area (Å²) in [4.78, 5) is 9.96. The van der Waals surface area contributed by atoms with E-state index in [1.54, 1.807) is 11.3 Å². The molecular formula is C13H16ClN3S. The highest BCUT2D eigenvalue weighted by Gasteiger charge is 2.17. The van der Waals surface area contributed by atoms with Crippen LogP contribution in [0.4, 0.5) is 0 Å². The number of nitrogens with one attached hydrogen (secondary N) is 1. The lowest BCUT2D eigenvalue weighted by molar-refractivity contribution is 0.578. The SMILES string of the molecule is CCCNC(c1ncc(C)cn1)c1ccc(Cl)s1. The third-order valence-corrected chi connectivity index (χ3v) is 3.83. The van der Waals surface area contributed by atoms with Crippen molar-refractivity contribution in [2.45, 2.75) is 26.3 Å². The van der Waals surface area contributed by atoms with Gasteiger partial charge in [0, 0.05) is 17.3 Å². The molecule has 18 heavy (non-hydrogen) atoms. The van der Waals surface area contributed by atoms with E-state index in [9.17, 15) is 0 Å². The Hall–Kier alpha value is -0.970.